The van der Waals surface area contributed by atoms with E-state index in [4.69, 9.17) is 14.2 Å². The van der Waals surface area contributed by atoms with Crippen LogP contribution in [0, 0.1) is 6.92 Å². The van der Waals surface area contributed by atoms with Gasteiger partial charge >= 0.3 is 5.97 Å². The minimum Gasteiger partial charge on any atom is -0.492 e. The van der Waals surface area contributed by atoms with Crippen LogP contribution in [0.2, 0.25) is 0 Å². The van der Waals surface area contributed by atoms with Crippen molar-refractivity contribution in [2.24, 2.45) is 0 Å². The number of carbonyl (C=O) groups is 1. The predicted octanol–water partition coefficient (Wildman–Crippen LogP) is 5.07. The van der Waals surface area contributed by atoms with Gasteiger partial charge in [0.15, 0.2) is 0 Å². The van der Waals surface area contributed by atoms with Gasteiger partial charge in [-0.05, 0) is 56.2 Å². The topological polar surface area (TPSA) is 79.7 Å². The van der Waals surface area contributed by atoms with Gasteiger partial charge in [0, 0.05) is 12.5 Å². The number of nitrogens with zero attached hydrogens (tertiary/aromatic N) is 2. The molecule has 0 atom stereocenters. The van der Waals surface area contributed by atoms with Crippen LogP contribution in [0.15, 0.2) is 77.6 Å². The maximum absolute atomic E-state index is 12.9. The summed E-state index contributed by atoms with van der Waals surface area (Å²) in [6.45, 7) is 4.61. The van der Waals surface area contributed by atoms with Gasteiger partial charge in [-0.3, -0.25) is 14.2 Å². The standard InChI is InChI=1S/C28H28N2O5/c1-3-33-27(31)16-14-21-13-15-23(19-26(21)35-22-9-5-4-6-10-22)34-18-17-30-20(2)29-25-12-8-7-11-24(25)28(30)32/h4-13,15,19H,3,14,16-18H2,1-2H3. The van der Waals surface area contributed by atoms with Gasteiger partial charge in [-0.15, -0.1) is 0 Å². The number of para-hydroxylation sites is 2. The first-order valence-electron chi connectivity index (χ1n) is 11.7. The lowest BCUT2D eigenvalue weighted by molar-refractivity contribution is -0.143. The Hall–Kier alpha value is -4.13. The third-order valence-corrected chi connectivity index (χ3v) is 5.55. The van der Waals surface area contributed by atoms with Gasteiger partial charge in [-0.25, -0.2) is 4.98 Å². The summed E-state index contributed by atoms with van der Waals surface area (Å²) in [6, 6.07) is 22.3. The highest BCUT2D eigenvalue weighted by atomic mass is 16.5. The van der Waals surface area contributed by atoms with E-state index in [2.05, 4.69) is 4.98 Å². The number of benzene rings is 3. The molecule has 0 amide bonds. The second-order valence-electron chi connectivity index (χ2n) is 7.97. The second kappa shape index (κ2) is 11.3. The average molecular weight is 473 g/mol. The SMILES string of the molecule is CCOC(=O)CCc1ccc(OCCn2c(C)nc3ccccc3c2=O)cc1Oc1ccccc1. The van der Waals surface area contributed by atoms with Crippen molar-refractivity contribution in [1.29, 1.82) is 0 Å². The van der Waals surface area contributed by atoms with Crippen molar-refractivity contribution in [2.75, 3.05) is 13.2 Å². The Bertz CT molecular complexity index is 1370. The minimum absolute atomic E-state index is 0.0842. The molecule has 0 aliphatic heterocycles. The summed E-state index contributed by atoms with van der Waals surface area (Å²) in [5, 5.41) is 0.586. The molecule has 0 radical (unpaired) electrons. The summed E-state index contributed by atoms with van der Waals surface area (Å²) >= 11 is 0. The summed E-state index contributed by atoms with van der Waals surface area (Å²) in [7, 11) is 0. The van der Waals surface area contributed by atoms with E-state index in [1.807, 2.05) is 73.7 Å². The molecule has 0 unspecified atom stereocenters. The molecule has 0 aliphatic carbocycles. The molecule has 0 saturated heterocycles. The summed E-state index contributed by atoms with van der Waals surface area (Å²) in [5.74, 6) is 2.29. The Morgan fingerprint density at radius 3 is 2.54 bits per heavy atom. The van der Waals surface area contributed by atoms with E-state index in [-0.39, 0.29) is 24.6 Å². The molecule has 35 heavy (non-hydrogen) atoms. The number of carbonyl (C=O) groups excluding carboxylic acids is 1. The fraction of sp³-hybridized carbons (Fsp3) is 0.250. The zero-order valence-corrected chi connectivity index (χ0v) is 19.9. The molecule has 4 aromatic rings. The van der Waals surface area contributed by atoms with Crippen molar-refractivity contribution >= 4 is 16.9 Å². The monoisotopic (exact) mass is 472 g/mol. The predicted molar refractivity (Wildman–Crippen MR) is 134 cm³/mol. The molecule has 1 aromatic heterocycles. The molecule has 7 nitrogen and oxygen atoms in total. The number of ether oxygens (including phenoxy) is 3. The fourth-order valence-corrected chi connectivity index (χ4v) is 3.81. The molecule has 0 aliphatic rings. The second-order valence-corrected chi connectivity index (χ2v) is 7.97. The van der Waals surface area contributed by atoms with E-state index in [1.165, 1.54) is 0 Å². The van der Waals surface area contributed by atoms with Gasteiger partial charge in [0.1, 0.15) is 29.7 Å². The van der Waals surface area contributed by atoms with Crippen LogP contribution in [0.3, 0.4) is 0 Å². The number of fused-ring (bicyclic) bond motifs is 1. The van der Waals surface area contributed by atoms with E-state index in [1.54, 1.807) is 17.6 Å². The van der Waals surface area contributed by atoms with Gasteiger partial charge in [0.2, 0.25) is 0 Å². The van der Waals surface area contributed by atoms with E-state index in [0.717, 1.165) is 5.56 Å². The van der Waals surface area contributed by atoms with Crippen LogP contribution in [0.1, 0.15) is 24.7 Å². The molecule has 0 bridgehead atoms. The highest BCUT2D eigenvalue weighted by molar-refractivity contribution is 5.77. The molecule has 3 aromatic carbocycles. The Labute approximate surface area is 203 Å². The maximum Gasteiger partial charge on any atom is 0.306 e. The number of esters is 1. The number of aryl methyl sites for hydroxylation is 2. The Kier molecular flexibility index (Phi) is 7.77. The summed E-state index contributed by atoms with van der Waals surface area (Å²) in [5.41, 5.74) is 1.48. The lowest BCUT2D eigenvalue weighted by atomic mass is 10.1. The van der Waals surface area contributed by atoms with Gasteiger partial charge in [-0.2, -0.15) is 0 Å². The van der Waals surface area contributed by atoms with E-state index in [0.29, 0.717) is 53.5 Å². The molecule has 0 spiro atoms. The quantitative estimate of drug-likeness (QED) is 0.300. The number of hydrogen-bond donors (Lipinski definition) is 0. The summed E-state index contributed by atoms with van der Waals surface area (Å²) < 4.78 is 18.7. The Balaban J connectivity index is 1.49. The molecular formula is C28H28N2O5. The third kappa shape index (κ3) is 6.06. The van der Waals surface area contributed by atoms with E-state index in [9.17, 15) is 9.59 Å². The molecule has 0 fully saturated rings. The number of aromatic nitrogens is 2. The summed E-state index contributed by atoms with van der Waals surface area (Å²) in [4.78, 5) is 29.3. The third-order valence-electron chi connectivity index (χ3n) is 5.55. The molecule has 180 valence electrons. The lowest BCUT2D eigenvalue weighted by Gasteiger charge is -2.15. The zero-order valence-electron chi connectivity index (χ0n) is 19.9. The molecular weight excluding hydrogens is 444 g/mol. The molecule has 4 rings (SSSR count). The van der Waals surface area contributed by atoms with Crippen molar-refractivity contribution in [3.05, 3.63) is 94.5 Å². The first kappa shape index (κ1) is 24.0. The van der Waals surface area contributed by atoms with Crippen LogP contribution in [-0.4, -0.2) is 28.7 Å². The van der Waals surface area contributed by atoms with Crippen molar-refractivity contribution in [3.63, 3.8) is 0 Å². The van der Waals surface area contributed by atoms with Crippen LogP contribution in [-0.2, 0) is 22.5 Å². The largest absolute Gasteiger partial charge is 0.492 e. The van der Waals surface area contributed by atoms with Crippen LogP contribution >= 0.6 is 0 Å². The lowest BCUT2D eigenvalue weighted by Crippen LogP contribution is -2.26. The van der Waals surface area contributed by atoms with Crippen molar-refractivity contribution in [2.45, 2.75) is 33.2 Å². The van der Waals surface area contributed by atoms with Crippen molar-refractivity contribution < 1.29 is 19.0 Å². The number of hydrogen-bond acceptors (Lipinski definition) is 6. The van der Waals surface area contributed by atoms with Gasteiger partial charge in [0.05, 0.1) is 24.1 Å². The number of rotatable bonds is 10. The molecule has 7 heteroatoms. The first-order valence-corrected chi connectivity index (χ1v) is 11.7. The molecule has 1 heterocycles. The van der Waals surface area contributed by atoms with Crippen LogP contribution < -0.4 is 15.0 Å². The van der Waals surface area contributed by atoms with Crippen molar-refractivity contribution in [1.82, 2.24) is 9.55 Å². The normalized spacial score (nSPS) is 10.8. The van der Waals surface area contributed by atoms with E-state index < -0.39 is 0 Å². The Morgan fingerprint density at radius 2 is 1.74 bits per heavy atom. The van der Waals surface area contributed by atoms with Gasteiger partial charge in [-0.1, -0.05) is 36.4 Å². The molecule has 0 N–H and O–H groups in total. The molecule has 0 saturated carbocycles. The fourth-order valence-electron chi connectivity index (χ4n) is 3.81. The highest BCUT2D eigenvalue weighted by Crippen LogP contribution is 2.30. The van der Waals surface area contributed by atoms with Crippen LogP contribution in [0.25, 0.3) is 10.9 Å². The smallest absolute Gasteiger partial charge is 0.306 e. The average Bonchev–Trinajstić information content (AvgIpc) is 2.86. The van der Waals surface area contributed by atoms with Gasteiger partial charge < -0.3 is 14.2 Å². The highest BCUT2D eigenvalue weighted by Gasteiger charge is 2.12. The first-order chi connectivity index (χ1) is 17.0. The van der Waals surface area contributed by atoms with Crippen LogP contribution in [0.5, 0.6) is 17.2 Å². The van der Waals surface area contributed by atoms with Crippen molar-refractivity contribution in [3.8, 4) is 17.2 Å². The maximum atomic E-state index is 12.9. The Morgan fingerprint density at radius 1 is 0.971 bits per heavy atom. The van der Waals surface area contributed by atoms with Crippen LogP contribution in [0.4, 0.5) is 0 Å². The van der Waals surface area contributed by atoms with Gasteiger partial charge in [0.25, 0.3) is 5.56 Å². The van der Waals surface area contributed by atoms with E-state index >= 15 is 0 Å². The minimum atomic E-state index is -0.247. The summed E-state index contributed by atoms with van der Waals surface area (Å²) in [6.07, 6.45) is 0.745. The zero-order chi connectivity index (χ0) is 24.6.